The minimum atomic E-state index is -0.679. The molecule has 2 rings (SSSR count). The third kappa shape index (κ3) is 6.27. The molecule has 7 nitrogen and oxygen atoms in total. The predicted molar refractivity (Wildman–Crippen MR) is 96.2 cm³/mol. The monoisotopic (exact) mass is 360 g/mol. The highest BCUT2D eigenvalue weighted by molar-refractivity contribution is 7.10. The van der Waals surface area contributed by atoms with Crippen molar-refractivity contribution in [3.8, 4) is 0 Å². The number of benzene rings is 1. The van der Waals surface area contributed by atoms with Crippen LogP contribution in [0.25, 0.3) is 0 Å². The number of carbonyl (C=O) groups excluding carboxylic acids is 3. The first-order valence-corrected chi connectivity index (χ1v) is 8.63. The Bertz CT molecular complexity index is 704. The fourth-order valence-electron chi connectivity index (χ4n) is 2.21. The van der Waals surface area contributed by atoms with Gasteiger partial charge in [-0.1, -0.05) is 24.3 Å². The summed E-state index contributed by atoms with van der Waals surface area (Å²) in [6, 6.07) is 11.4. The second-order valence-corrected chi connectivity index (χ2v) is 6.23. The number of carbonyl (C=O) groups is 3. The number of thiophene rings is 1. The molecule has 1 aromatic heterocycles. The van der Waals surface area contributed by atoms with Crippen LogP contribution in [0.2, 0.25) is 0 Å². The van der Waals surface area contributed by atoms with E-state index in [4.69, 9.17) is 5.73 Å². The Morgan fingerprint density at radius 1 is 1.00 bits per heavy atom. The molecule has 0 radical (unpaired) electrons. The molecular formula is C17H20N4O3S. The van der Waals surface area contributed by atoms with Crippen molar-refractivity contribution in [2.75, 3.05) is 13.1 Å². The number of hydrogen-bond donors (Lipinski definition) is 4. The summed E-state index contributed by atoms with van der Waals surface area (Å²) in [7, 11) is 0. The van der Waals surface area contributed by atoms with Gasteiger partial charge in [0.05, 0.1) is 12.5 Å². The van der Waals surface area contributed by atoms with Crippen LogP contribution in [0.1, 0.15) is 27.7 Å². The van der Waals surface area contributed by atoms with Crippen molar-refractivity contribution < 1.29 is 14.4 Å². The molecule has 25 heavy (non-hydrogen) atoms. The van der Waals surface area contributed by atoms with Crippen molar-refractivity contribution in [3.63, 3.8) is 0 Å². The third-order valence-electron chi connectivity index (χ3n) is 3.36. The lowest BCUT2D eigenvalue weighted by Gasteiger charge is -2.16. The lowest BCUT2D eigenvalue weighted by Crippen LogP contribution is -2.38. The maximum Gasteiger partial charge on any atom is 0.312 e. The Morgan fingerprint density at radius 3 is 2.36 bits per heavy atom. The first kappa shape index (κ1) is 18.5. The van der Waals surface area contributed by atoms with Crippen LogP contribution in [-0.2, 0) is 4.79 Å². The molecule has 1 atom stereocenters. The van der Waals surface area contributed by atoms with Crippen LogP contribution in [0.15, 0.2) is 47.8 Å². The van der Waals surface area contributed by atoms with Gasteiger partial charge in [-0.05, 0) is 23.6 Å². The van der Waals surface area contributed by atoms with Crippen molar-refractivity contribution in [2.24, 2.45) is 5.73 Å². The van der Waals surface area contributed by atoms with Gasteiger partial charge in [-0.2, -0.15) is 0 Å². The van der Waals surface area contributed by atoms with Gasteiger partial charge < -0.3 is 21.7 Å². The molecule has 132 valence electrons. The molecule has 0 saturated heterocycles. The van der Waals surface area contributed by atoms with Crippen LogP contribution in [0.5, 0.6) is 0 Å². The maximum atomic E-state index is 12.0. The molecule has 1 unspecified atom stereocenters. The van der Waals surface area contributed by atoms with E-state index in [2.05, 4.69) is 16.0 Å². The van der Waals surface area contributed by atoms with E-state index < -0.39 is 12.1 Å². The Hall–Kier alpha value is -2.87. The van der Waals surface area contributed by atoms with Crippen molar-refractivity contribution in [1.29, 1.82) is 0 Å². The first-order valence-electron chi connectivity index (χ1n) is 7.75. The summed E-state index contributed by atoms with van der Waals surface area (Å²) in [6.07, 6.45) is 0.0794. The fourth-order valence-corrected chi connectivity index (χ4v) is 2.99. The van der Waals surface area contributed by atoms with E-state index in [1.54, 1.807) is 24.3 Å². The minimum absolute atomic E-state index is 0.0794. The Labute approximate surface area is 149 Å². The van der Waals surface area contributed by atoms with Gasteiger partial charge in [-0.25, -0.2) is 4.79 Å². The summed E-state index contributed by atoms with van der Waals surface area (Å²) in [4.78, 5) is 35.8. The molecule has 0 aliphatic heterocycles. The van der Waals surface area contributed by atoms with Crippen LogP contribution in [0.4, 0.5) is 4.79 Å². The minimum Gasteiger partial charge on any atom is -0.354 e. The zero-order chi connectivity index (χ0) is 18.1. The molecule has 1 heterocycles. The molecule has 0 aliphatic carbocycles. The van der Waals surface area contributed by atoms with E-state index in [0.29, 0.717) is 18.7 Å². The smallest absolute Gasteiger partial charge is 0.312 e. The number of nitrogens with two attached hydrogens (primary N) is 1. The maximum absolute atomic E-state index is 12.0. The van der Waals surface area contributed by atoms with Crippen molar-refractivity contribution in [3.05, 3.63) is 58.3 Å². The number of nitrogens with one attached hydrogen (secondary N) is 3. The average molecular weight is 360 g/mol. The fraction of sp³-hybridized carbons (Fsp3) is 0.235. The molecule has 0 spiro atoms. The zero-order valence-corrected chi connectivity index (χ0v) is 14.3. The van der Waals surface area contributed by atoms with Crippen LogP contribution in [0, 0.1) is 0 Å². The molecule has 1 aromatic carbocycles. The third-order valence-corrected chi connectivity index (χ3v) is 4.35. The molecule has 0 aliphatic rings. The Morgan fingerprint density at radius 2 is 1.72 bits per heavy atom. The highest BCUT2D eigenvalue weighted by Crippen LogP contribution is 2.21. The normalized spacial score (nSPS) is 11.4. The first-order chi connectivity index (χ1) is 12.1. The molecule has 2 aromatic rings. The SMILES string of the molecule is NC(=O)NC(CC(=O)NCCNC(=O)c1ccccc1)c1cccs1. The summed E-state index contributed by atoms with van der Waals surface area (Å²) in [6.45, 7) is 0.609. The summed E-state index contributed by atoms with van der Waals surface area (Å²) in [5.74, 6) is -0.428. The molecule has 0 fully saturated rings. The number of amides is 4. The summed E-state index contributed by atoms with van der Waals surface area (Å²) in [5, 5.41) is 9.87. The van der Waals surface area contributed by atoms with E-state index in [-0.39, 0.29) is 18.2 Å². The zero-order valence-electron chi connectivity index (χ0n) is 13.5. The van der Waals surface area contributed by atoms with Crippen LogP contribution < -0.4 is 21.7 Å². The average Bonchev–Trinajstić information content (AvgIpc) is 3.13. The van der Waals surface area contributed by atoms with Gasteiger partial charge in [0.25, 0.3) is 5.91 Å². The molecule has 8 heteroatoms. The van der Waals surface area contributed by atoms with Crippen LogP contribution >= 0.6 is 11.3 Å². The van der Waals surface area contributed by atoms with Gasteiger partial charge in [0, 0.05) is 23.5 Å². The van der Waals surface area contributed by atoms with Gasteiger partial charge in [0.2, 0.25) is 5.91 Å². The van der Waals surface area contributed by atoms with Gasteiger partial charge in [0.15, 0.2) is 0 Å². The van der Waals surface area contributed by atoms with E-state index in [9.17, 15) is 14.4 Å². The van der Waals surface area contributed by atoms with Crippen molar-refractivity contribution in [2.45, 2.75) is 12.5 Å². The number of rotatable bonds is 8. The standard InChI is InChI=1S/C17H20N4O3S/c18-17(24)21-13(14-7-4-10-25-14)11-15(22)19-8-9-20-16(23)12-5-2-1-3-6-12/h1-7,10,13H,8-9,11H2,(H,19,22)(H,20,23)(H3,18,21,24). The lowest BCUT2D eigenvalue weighted by molar-refractivity contribution is -0.121. The van der Waals surface area contributed by atoms with Crippen LogP contribution in [0.3, 0.4) is 0 Å². The topological polar surface area (TPSA) is 113 Å². The summed E-state index contributed by atoms with van der Waals surface area (Å²) < 4.78 is 0. The Balaban J connectivity index is 1.74. The molecule has 0 saturated carbocycles. The molecule has 0 bridgehead atoms. The molecule has 4 amide bonds. The van der Waals surface area contributed by atoms with Crippen molar-refractivity contribution in [1.82, 2.24) is 16.0 Å². The van der Waals surface area contributed by atoms with E-state index >= 15 is 0 Å². The number of hydrogen-bond acceptors (Lipinski definition) is 4. The summed E-state index contributed by atoms with van der Waals surface area (Å²) in [5.41, 5.74) is 5.73. The second-order valence-electron chi connectivity index (χ2n) is 5.25. The van der Waals surface area contributed by atoms with E-state index in [0.717, 1.165) is 4.88 Å². The quantitative estimate of drug-likeness (QED) is 0.534. The Kier molecular flexibility index (Phi) is 6.97. The second kappa shape index (κ2) is 9.43. The van der Waals surface area contributed by atoms with Crippen LogP contribution in [-0.4, -0.2) is 30.9 Å². The molecule has 5 N–H and O–H groups in total. The lowest BCUT2D eigenvalue weighted by atomic mass is 10.1. The predicted octanol–water partition coefficient (Wildman–Crippen LogP) is 1.39. The van der Waals surface area contributed by atoms with Gasteiger partial charge in [-0.3, -0.25) is 9.59 Å². The van der Waals surface area contributed by atoms with E-state index in [1.807, 2.05) is 23.6 Å². The van der Waals surface area contributed by atoms with E-state index in [1.165, 1.54) is 11.3 Å². The molecular weight excluding hydrogens is 340 g/mol. The highest BCUT2D eigenvalue weighted by atomic mass is 32.1. The summed E-state index contributed by atoms with van der Waals surface area (Å²) >= 11 is 1.44. The van der Waals surface area contributed by atoms with Gasteiger partial charge in [-0.15, -0.1) is 11.3 Å². The van der Waals surface area contributed by atoms with Crippen molar-refractivity contribution >= 4 is 29.2 Å². The van der Waals surface area contributed by atoms with Gasteiger partial charge >= 0.3 is 6.03 Å². The highest BCUT2D eigenvalue weighted by Gasteiger charge is 2.18. The number of primary amides is 1. The number of urea groups is 1. The van der Waals surface area contributed by atoms with Gasteiger partial charge in [0.1, 0.15) is 0 Å². The largest absolute Gasteiger partial charge is 0.354 e.